The van der Waals surface area contributed by atoms with E-state index in [-0.39, 0.29) is 17.0 Å². The number of nitrogens with one attached hydrogen (secondary N) is 2. The summed E-state index contributed by atoms with van der Waals surface area (Å²) in [4.78, 5) is 12.0. The van der Waals surface area contributed by atoms with Gasteiger partial charge in [0, 0.05) is 19.6 Å². The Morgan fingerprint density at radius 3 is 2.21 bits per heavy atom. The van der Waals surface area contributed by atoms with Crippen molar-refractivity contribution in [1.82, 2.24) is 14.9 Å². The minimum absolute atomic E-state index is 0.197. The molecule has 1 rings (SSSR count). The molecule has 1 aromatic carbocycles. The topological polar surface area (TPSA) is 78.5 Å². The summed E-state index contributed by atoms with van der Waals surface area (Å²) in [6, 6.07) is 6.26. The molecule has 0 aliphatic rings. The van der Waals surface area contributed by atoms with Crippen LogP contribution in [0.1, 0.15) is 52.1 Å². The number of hydrogen-bond donors (Lipinski definition) is 2. The Bertz CT molecular complexity index is 610. The number of sulfonamides is 1. The van der Waals surface area contributed by atoms with Crippen LogP contribution in [0, 0.1) is 0 Å². The van der Waals surface area contributed by atoms with E-state index in [1.165, 1.54) is 4.31 Å². The lowest BCUT2D eigenvalue weighted by Gasteiger charge is -2.19. The van der Waals surface area contributed by atoms with Crippen LogP contribution in [0.15, 0.2) is 29.2 Å². The maximum atomic E-state index is 12.4. The first-order valence-corrected chi connectivity index (χ1v) is 9.95. The lowest BCUT2D eigenvalue weighted by molar-refractivity contribution is 0.238. The van der Waals surface area contributed by atoms with Crippen LogP contribution in [-0.4, -0.2) is 38.4 Å². The maximum Gasteiger partial charge on any atom is 0.315 e. The van der Waals surface area contributed by atoms with E-state index < -0.39 is 10.0 Å². The summed E-state index contributed by atoms with van der Waals surface area (Å²) in [6.45, 7) is 9.10. The monoisotopic (exact) mass is 355 g/mol. The molecule has 0 saturated carbocycles. The van der Waals surface area contributed by atoms with E-state index in [1.54, 1.807) is 24.3 Å². The summed E-state index contributed by atoms with van der Waals surface area (Å²) < 4.78 is 26.3. The van der Waals surface area contributed by atoms with Gasteiger partial charge in [0.25, 0.3) is 0 Å². The van der Waals surface area contributed by atoms with Crippen LogP contribution in [0.5, 0.6) is 0 Å². The van der Waals surface area contributed by atoms with Gasteiger partial charge in [-0.05, 0) is 31.0 Å². The van der Waals surface area contributed by atoms with Gasteiger partial charge in [-0.2, -0.15) is 4.31 Å². The molecule has 0 saturated heterocycles. The second kappa shape index (κ2) is 9.64. The molecule has 136 valence electrons. The van der Waals surface area contributed by atoms with Gasteiger partial charge < -0.3 is 10.6 Å². The number of carbonyl (C=O) groups excluding carboxylic acids is 1. The molecule has 6 nitrogen and oxygen atoms in total. The van der Waals surface area contributed by atoms with Crippen molar-refractivity contribution < 1.29 is 13.2 Å². The Balaban J connectivity index is 2.75. The van der Waals surface area contributed by atoms with Crippen LogP contribution < -0.4 is 10.6 Å². The predicted molar refractivity (Wildman–Crippen MR) is 96.4 cm³/mol. The van der Waals surface area contributed by atoms with Crippen molar-refractivity contribution in [2.75, 3.05) is 19.6 Å². The Morgan fingerprint density at radius 1 is 1.12 bits per heavy atom. The Morgan fingerprint density at radius 2 is 1.71 bits per heavy atom. The molecule has 1 atom stereocenters. The molecular formula is C17H29N3O3S. The van der Waals surface area contributed by atoms with Gasteiger partial charge in [0.1, 0.15) is 0 Å². The summed E-state index contributed by atoms with van der Waals surface area (Å²) in [5, 5.41) is 5.65. The van der Waals surface area contributed by atoms with Gasteiger partial charge in [0.05, 0.1) is 10.9 Å². The Kier molecular flexibility index (Phi) is 8.21. The average Bonchev–Trinajstić information content (AvgIpc) is 2.56. The smallest absolute Gasteiger partial charge is 0.315 e. The number of amides is 2. The van der Waals surface area contributed by atoms with E-state index in [2.05, 4.69) is 17.6 Å². The van der Waals surface area contributed by atoms with Crippen molar-refractivity contribution >= 4 is 16.1 Å². The van der Waals surface area contributed by atoms with Gasteiger partial charge in [0.15, 0.2) is 0 Å². The zero-order valence-electron chi connectivity index (χ0n) is 15.0. The minimum Gasteiger partial charge on any atom is -0.338 e. The summed E-state index contributed by atoms with van der Waals surface area (Å²) in [7, 11) is -3.45. The molecule has 2 amide bonds. The summed E-state index contributed by atoms with van der Waals surface area (Å²) in [5.41, 5.74) is 0.860. The third-order valence-corrected chi connectivity index (χ3v) is 5.95. The predicted octanol–water partition coefficient (Wildman–Crippen LogP) is 2.88. The highest BCUT2D eigenvalue weighted by atomic mass is 32.2. The number of benzene rings is 1. The van der Waals surface area contributed by atoms with E-state index in [1.807, 2.05) is 20.8 Å². The van der Waals surface area contributed by atoms with Gasteiger partial charge >= 0.3 is 6.03 Å². The summed E-state index contributed by atoms with van der Waals surface area (Å²) >= 11 is 0. The van der Waals surface area contributed by atoms with Crippen LogP contribution in [0.25, 0.3) is 0 Å². The third kappa shape index (κ3) is 5.49. The number of hydrogen-bond acceptors (Lipinski definition) is 3. The first-order valence-electron chi connectivity index (χ1n) is 8.51. The van der Waals surface area contributed by atoms with E-state index in [0.717, 1.165) is 18.4 Å². The van der Waals surface area contributed by atoms with E-state index >= 15 is 0 Å². The number of nitrogens with zero attached hydrogens (tertiary/aromatic N) is 1. The van der Waals surface area contributed by atoms with Crippen LogP contribution >= 0.6 is 0 Å². The van der Waals surface area contributed by atoms with Crippen LogP contribution in [-0.2, 0) is 10.0 Å². The quantitative estimate of drug-likeness (QED) is 0.669. The molecule has 0 spiro atoms. The molecule has 1 unspecified atom stereocenters. The average molecular weight is 356 g/mol. The highest BCUT2D eigenvalue weighted by molar-refractivity contribution is 7.89. The van der Waals surface area contributed by atoms with Gasteiger partial charge in [-0.25, -0.2) is 13.2 Å². The van der Waals surface area contributed by atoms with Crippen molar-refractivity contribution in [3.63, 3.8) is 0 Å². The first kappa shape index (κ1) is 20.4. The molecule has 7 heteroatoms. The van der Waals surface area contributed by atoms with Crippen LogP contribution in [0.2, 0.25) is 0 Å². The van der Waals surface area contributed by atoms with Gasteiger partial charge in [-0.15, -0.1) is 0 Å². The summed E-state index contributed by atoms with van der Waals surface area (Å²) in [6.07, 6.45) is 1.97. The molecule has 0 heterocycles. The molecule has 0 aliphatic heterocycles. The Labute approximate surface area is 145 Å². The van der Waals surface area contributed by atoms with Crippen LogP contribution in [0.4, 0.5) is 4.79 Å². The molecule has 2 N–H and O–H groups in total. The number of urea groups is 1. The van der Waals surface area contributed by atoms with Crippen molar-refractivity contribution in [2.24, 2.45) is 0 Å². The summed E-state index contributed by atoms with van der Waals surface area (Å²) in [5.74, 6) is 0. The van der Waals surface area contributed by atoms with Crippen molar-refractivity contribution in [1.29, 1.82) is 0 Å². The second-order valence-corrected chi connectivity index (χ2v) is 7.57. The van der Waals surface area contributed by atoms with Crippen molar-refractivity contribution in [3.05, 3.63) is 29.8 Å². The van der Waals surface area contributed by atoms with E-state index in [0.29, 0.717) is 19.6 Å². The molecule has 24 heavy (non-hydrogen) atoms. The third-order valence-electron chi connectivity index (χ3n) is 3.89. The van der Waals surface area contributed by atoms with E-state index in [9.17, 15) is 13.2 Å². The molecule has 0 fully saturated rings. The number of carbonyl (C=O) groups is 1. The van der Waals surface area contributed by atoms with Gasteiger partial charge in [-0.3, -0.25) is 0 Å². The Hall–Kier alpha value is -1.60. The number of unbranched alkanes of at least 4 members (excludes halogenated alkanes) is 1. The molecular weight excluding hydrogens is 326 g/mol. The zero-order chi connectivity index (χ0) is 18.2. The largest absolute Gasteiger partial charge is 0.338 e. The molecule has 0 bridgehead atoms. The molecule has 0 aliphatic carbocycles. The highest BCUT2D eigenvalue weighted by Gasteiger charge is 2.21. The molecule has 0 aromatic heterocycles. The SMILES string of the molecule is CCCCNC(=O)NC(C)c1ccc(S(=O)(=O)N(CC)CC)cc1. The van der Waals surface area contributed by atoms with Crippen LogP contribution in [0.3, 0.4) is 0 Å². The fourth-order valence-corrected chi connectivity index (χ4v) is 3.81. The first-order chi connectivity index (χ1) is 11.4. The fraction of sp³-hybridized carbons (Fsp3) is 0.588. The van der Waals surface area contributed by atoms with Crippen molar-refractivity contribution in [3.8, 4) is 0 Å². The zero-order valence-corrected chi connectivity index (χ0v) is 15.8. The van der Waals surface area contributed by atoms with Crippen molar-refractivity contribution in [2.45, 2.75) is 51.5 Å². The maximum absolute atomic E-state index is 12.4. The standard InChI is InChI=1S/C17H29N3O3S/c1-5-8-13-18-17(21)19-14(4)15-9-11-16(12-10-15)24(22,23)20(6-2)7-3/h9-12,14H,5-8,13H2,1-4H3,(H2,18,19,21). The lowest BCUT2D eigenvalue weighted by Crippen LogP contribution is -2.37. The number of rotatable bonds is 9. The fourth-order valence-electron chi connectivity index (χ4n) is 2.35. The molecule has 1 aromatic rings. The van der Waals surface area contributed by atoms with Gasteiger partial charge in [0.2, 0.25) is 10.0 Å². The highest BCUT2D eigenvalue weighted by Crippen LogP contribution is 2.19. The minimum atomic E-state index is -3.45. The second-order valence-electron chi connectivity index (χ2n) is 5.63. The van der Waals surface area contributed by atoms with E-state index in [4.69, 9.17) is 0 Å². The normalized spacial score (nSPS) is 12.9. The van der Waals surface area contributed by atoms with Gasteiger partial charge in [-0.1, -0.05) is 39.3 Å². The molecule has 0 radical (unpaired) electrons. The lowest BCUT2D eigenvalue weighted by atomic mass is 10.1.